The number of anilines is 1. The SMILES string of the molecule is C[NH+](C)CCN(C(=O)c1cccc(C(F)(F)F)c1)c1nc2ccc(F)cc2s1. The van der Waals surface area contributed by atoms with Crippen LogP contribution in [0, 0.1) is 5.82 Å². The predicted molar refractivity (Wildman–Crippen MR) is 100 cm³/mol. The van der Waals surface area contributed by atoms with Gasteiger partial charge in [0.2, 0.25) is 0 Å². The maximum absolute atomic E-state index is 13.5. The molecule has 0 aliphatic carbocycles. The lowest BCUT2D eigenvalue weighted by Gasteiger charge is -2.21. The first-order valence-electron chi connectivity index (χ1n) is 8.49. The Kier molecular flexibility index (Phi) is 5.66. The summed E-state index contributed by atoms with van der Waals surface area (Å²) in [7, 11) is 3.81. The Morgan fingerprint density at radius 1 is 1.18 bits per heavy atom. The van der Waals surface area contributed by atoms with Gasteiger partial charge in [-0.25, -0.2) is 9.37 Å². The van der Waals surface area contributed by atoms with Crippen LogP contribution in [-0.4, -0.2) is 38.1 Å². The first-order chi connectivity index (χ1) is 13.1. The van der Waals surface area contributed by atoms with Crippen LogP contribution in [0.2, 0.25) is 0 Å². The molecule has 28 heavy (non-hydrogen) atoms. The van der Waals surface area contributed by atoms with E-state index in [2.05, 4.69) is 4.98 Å². The number of nitrogens with zero attached hydrogens (tertiary/aromatic N) is 2. The Labute approximate surface area is 163 Å². The number of benzene rings is 2. The number of alkyl halides is 3. The van der Waals surface area contributed by atoms with Crippen LogP contribution < -0.4 is 9.80 Å². The van der Waals surface area contributed by atoms with Crippen molar-refractivity contribution in [1.82, 2.24) is 4.98 Å². The van der Waals surface area contributed by atoms with E-state index in [9.17, 15) is 22.4 Å². The van der Waals surface area contributed by atoms with E-state index in [1.165, 1.54) is 35.2 Å². The van der Waals surface area contributed by atoms with E-state index < -0.39 is 23.5 Å². The highest BCUT2D eigenvalue weighted by molar-refractivity contribution is 7.22. The van der Waals surface area contributed by atoms with Crippen molar-refractivity contribution in [3.8, 4) is 0 Å². The van der Waals surface area contributed by atoms with Gasteiger partial charge in [0.05, 0.1) is 43.0 Å². The van der Waals surface area contributed by atoms with E-state index in [1.807, 2.05) is 14.1 Å². The molecule has 1 N–H and O–H groups in total. The average Bonchev–Trinajstić information content (AvgIpc) is 3.03. The van der Waals surface area contributed by atoms with Crippen LogP contribution in [0.3, 0.4) is 0 Å². The number of hydrogen-bond acceptors (Lipinski definition) is 3. The molecule has 0 bridgehead atoms. The van der Waals surface area contributed by atoms with E-state index in [0.717, 1.165) is 28.4 Å². The van der Waals surface area contributed by atoms with Gasteiger partial charge in [0.1, 0.15) is 5.82 Å². The van der Waals surface area contributed by atoms with Gasteiger partial charge in [-0.2, -0.15) is 13.2 Å². The summed E-state index contributed by atoms with van der Waals surface area (Å²) in [4.78, 5) is 19.8. The van der Waals surface area contributed by atoms with Gasteiger partial charge in [-0.1, -0.05) is 17.4 Å². The van der Waals surface area contributed by atoms with Crippen molar-refractivity contribution in [2.75, 3.05) is 32.1 Å². The average molecular weight is 412 g/mol. The van der Waals surface area contributed by atoms with Crippen molar-refractivity contribution in [2.24, 2.45) is 0 Å². The number of amides is 1. The highest BCUT2D eigenvalue weighted by atomic mass is 32.1. The zero-order valence-corrected chi connectivity index (χ0v) is 16.0. The molecule has 0 saturated heterocycles. The van der Waals surface area contributed by atoms with Crippen LogP contribution >= 0.6 is 11.3 Å². The van der Waals surface area contributed by atoms with Crippen LogP contribution in [0.5, 0.6) is 0 Å². The minimum absolute atomic E-state index is 0.0750. The van der Waals surface area contributed by atoms with Crippen LogP contribution in [-0.2, 0) is 6.18 Å². The summed E-state index contributed by atoms with van der Waals surface area (Å²) < 4.78 is 53.1. The van der Waals surface area contributed by atoms with Gasteiger partial charge in [0.15, 0.2) is 5.13 Å². The molecule has 0 spiro atoms. The zero-order valence-electron chi connectivity index (χ0n) is 15.2. The molecule has 3 rings (SSSR count). The van der Waals surface area contributed by atoms with E-state index in [4.69, 9.17) is 0 Å². The van der Waals surface area contributed by atoms with Crippen molar-refractivity contribution in [3.05, 3.63) is 59.4 Å². The Morgan fingerprint density at radius 2 is 1.93 bits per heavy atom. The molecule has 0 radical (unpaired) electrons. The molecule has 0 unspecified atom stereocenters. The molecular weight excluding hydrogens is 394 g/mol. The quantitative estimate of drug-likeness (QED) is 0.654. The number of rotatable bonds is 5. The van der Waals surface area contributed by atoms with Gasteiger partial charge < -0.3 is 4.90 Å². The second-order valence-corrected chi connectivity index (χ2v) is 7.61. The van der Waals surface area contributed by atoms with Crippen molar-refractivity contribution >= 4 is 32.6 Å². The largest absolute Gasteiger partial charge is 0.416 e. The number of quaternary nitrogens is 1. The molecule has 1 amide bonds. The number of hydrogen-bond donors (Lipinski definition) is 1. The number of halogens is 4. The Bertz CT molecular complexity index is 1000. The number of likely N-dealkylation sites (N-methyl/N-ethyl adjacent to an activating group) is 1. The van der Waals surface area contributed by atoms with Gasteiger partial charge in [-0.15, -0.1) is 0 Å². The van der Waals surface area contributed by atoms with Crippen molar-refractivity contribution in [1.29, 1.82) is 0 Å². The summed E-state index contributed by atoms with van der Waals surface area (Å²) in [5, 5.41) is 0.323. The van der Waals surface area contributed by atoms with E-state index in [-0.39, 0.29) is 12.1 Å². The molecule has 4 nitrogen and oxygen atoms in total. The minimum Gasteiger partial charge on any atom is -0.338 e. The fraction of sp³-hybridized carbons (Fsp3) is 0.263. The number of fused-ring (bicyclic) bond motifs is 1. The molecule has 0 aliphatic rings. The number of carbonyl (C=O) groups is 1. The minimum atomic E-state index is -4.54. The fourth-order valence-corrected chi connectivity index (χ4v) is 3.62. The highest BCUT2D eigenvalue weighted by Crippen LogP contribution is 2.32. The van der Waals surface area contributed by atoms with E-state index >= 15 is 0 Å². The topological polar surface area (TPSA) is 37.6 Å². The van der Waals surface area contributed by atoms with Crippen molar-refractivity contribution in [2.45, 2.75) is 6.18 Å². The Hall–Kier alpha value is -2.52. The Morgan fingerprint density at radius 3 is 2.61 bits per heavy atom. The third-order valence-electron chi connectivity index (χ3n) is 4.09. The molecule has 0 aliphatic heterocycles. The van der Waals surface area contributed by atoms with Crippen LogP contribution in [0.15, 0.2) is 42.5 Å². The van der Waals surface area contributed by atoms with Crippen LogP contribution in [0.25, 0.3) is 10.2 Å². The van der Waals surface area contributed by atoms with Gasteiger partial charge in [-0.05, 0) is 36.4 Å². The lowest BCUT2D eigenvalue weighted by atomic mass is 10.1. The smallest absolute Gasteiger partial charge is 0.338 e. The predicted octanol–water partition coefficient (Wildman–Crippen LogP) is 3.25. The molecule has 0 fully saturated rings. The molecule has 9 heteroatoms. The molecule has 3 aromatic rings. The Balaban J connectivity index is 2.00. The molecule has 0 saturated carbocycles. The normalized spacial score (nSPS) is 12.0. The van der Waals surface area contributed by atoms with Crippen molar-refractivity contribution < 1.29 is 27.3 Å². The number of nitrogens with one attached hydrogen (secondary N) is 1. The van der Waals surface area contributed by atoms with Gasteiger partial charge in [0.25, 0.3) is 5.91 Å². The van der Waals surface area contributed by atoms with Crippen LogP contribution in [0.4, 0.5) is 22.7 Å². The monoisotopic (exact) mass is 412 g/mol. The fourth-order valence-electron chi connectivity index (χ4n) is 2.61. The lowest BCUT2D eigenvalue weighted by Crippen LogP contribution is -3.06. The number of aromatic nitrogens is 1. The van der Waals surface area contributed by atoms with Gasteiger partial charge >= 0.3 is 6.18 Å². The van der Waals surface area contributed by atoms with Crippen molar-refractivity contribution in [3.63, 3.8) is 0 Å². The van der Waals surface area contributed by atoms with E-state index in [1.54, 1.807) is 0 Å². The molecule has 1 heterocycles. The lowest BCUT2D eigenvalue weighted by molar-refractivity contribution is -0.856. The summed E-state index contributed by atoms with van der Waals surface area (Å²) >= 11 is 1.13. The summed E-state index contributed by atoms with van der Waals surface area (Å²) in [6.07, 6.45) is -4.54. The molecular formula is C19H18F4N3OS+. The maximum Gasteiger partial charge on any atom is 0.416 e. The first-order valence-corrected chi connectivity index (χ1v) is 9.31. The third kappa shape index (κ3) is 4.48. The number of thiazole rings is 1. The summed E-state index contributed by atoms with van der Waals surface area (Å²) in [6.45, 7) is 0.828. The van der Waals surface area contributed by atoms with Gasteiger partial charge in [-0.3, -0.25) is 9.69 Å². The number of carbonyl (C=O) groups excluding carboxylic acids is 1. The second kappa shape index (κ2) is 7.84. The van der Waals surface area contributed by atoms with Gasteiger partial charge in [0, 0.05) is 5.56 Å². The molecule has 0 atom stereocenters. The standard InChI is InChI=1S/C19H17F4N3OS/c1-25(2)8-9-26(18-24-15-7-6-14(20)11-16(15)28-18)17(27)12-4-3-5-13(10-12)19(21,22)23/h3-7,10-11H,8-9H2,1-2H3/p+1. The molecule has 1 aromatic heterocycles. The third-order valence-corrected chi connectivity index (χ3v) is 5.13. The van der Waals surface area contributed by atoms with E-state index in [0.29, 0.717) is 21.9 Å². The van der Waals surface area contributed by atoms with Crippen LogP contribution in [0.1, 0.15) is 15.9 Å². The zero-order chi connectivity index (χ0) is 20.5. The first kappa shape index (κ1) is 20.2. The highest BCUT2D eigenvalue weighted by Gasteiger charge is 2.32. The second-order valence-electron chi connectivity index (χ2n) is 6.60. The summed E-state index contributed by atoms with van der Waals surface area (Å²) in [5.41, 5.74) is -0.433. The maximum atomic E-state index is 13.5. The summed E-state index contributed by atoms with van der Waals surface area (Å²) in [6, 6.07) is 8.42. The summed E-state index contributed by atoms with van der Waals surface area (Å²) in [5.74, 6) is -0.997. The molecule has 148 valence electrons. The molecule has 2 aromatic carbocycles.